The second-order valence-corrected chi connectivity index (χ2v) is 5.37. The molecule has 0 aromatic rings. The Bertz CT molecular complexity index is 257. The standard InChI is InChI=1S/C13H24F3NO2/c1-9(2)11(10(3)4)7-17-12(18)5-6-19-8-13(14,15)16/h9-11H,5-8H2,1-4H3,(H,17,18). The van der Waals surface area contributed by atoms with Crippen molar-refractivity contribution in [3.8, 4) is 0 Å². The smallest absolute Gasteiger partial charge is 0.372 e. The van der Waals surface area contributed by atoms with Gasteiger partial charge in [0.2, 0.25) is 5.91 Å². The maximum atomic E-state index is 11.8. The number of hydrogen-bond acceptors (Lipinski definition) is 2. The quantitative estimate of drug-likeness (QED) is 0.695. The van der Waals surface area contributed by atoms with Crippen molar-refractivity contribution in [2.45, 2.75) is 40.3 Å². The highest BCUT2D eigenvalue weighted by molar-refractivity contribution is 5.75. The largest absolute Gasteiger partial charge is 0.411 e. The molecule has 0 aliphatic carbocycles. The van der Waals surface area contributed by atoms with E-state index in [0.29, 0.717) is 24.3 Å². The summed E-state index contributed by atoms with van der Waals surface area (Å²) in [7, 11) is 0. The molecule has 0 saturated heterocycles. The van der Waals surface area contributed by atoms with Crippen molar-refractivity contribution in [2.75, 3.05) is 19.8 Å². The van der Waals surface area contributed by atoms with Crippen LogP contribution in [0, 0.1) is 17.8 Å². The lowest BCUT2D eigenvalue weighted by atomic mass is 9.85. The summed E-state index contributed by atoms with van der Waals surface area (Å²) in [5.74, 6) is 0.983. The lowest BCUT2D eigenvalue weighted by molar-refractivity contribution is -0.174. The lowest BCUT2D eigenvalue weighted by Gasteiger charge is -2.25. The highest BCUT2D eigenvalue weighted by atomic mass is 19.4. The number of halogens is 3. The molecule has 0 bridgehead atoms. The number of carbonyl (C=O) groups excluding carboxylic acids is 1. The molecule has 114 valence electrons. The van der Waals surface area contributed by atoms with E-state index in [0.717, 1.165) is 0 Å². The highest BCUT2D eigenvalue weighted by Crippen LogP contribution is 2.19. The fraction of sp³-hybridized carbons (Fsp3) is 0.923. The van der Waals surface area contributed by atoms with E-state index in [2.05, 4.69) is 37.7 Å². The number of alkyl halides is 3. The van der Waals surface area contributed by atoms with Crippen LogP contribution >= 0.6 is 0 Å². The van der Waals surface area contributed by atoms with Crippen LogP contribution in [0.4, 0.5) is 13.2 Å². The second-order valence-electron chi connectivity index (χ2n) is 5.37. The van der Waals surface area contributed by atoms with Crippen molar-refractivity contribution in [3.05, 3.63) is 0 Å². The molecule has 0 aromatic carbocycles. The van der Waals surface area contributed by atoms with Crippen molar-refractivity contribution in [2.24, 2.45) is 17.8 Å². The Morgan fingerprint density at radius 1 is 1.16 bits per heavy atom. The zero-order chi connectivity index (χ0) is 15.1. The van der Waals surface area contributed by atoms with Gasteiger partial charge in [0.05, 0.1) is 6.61 Å². The molecule has 0 aromatic heterocycles. The predicted octanol–water partition coefficient (Wildman–Crippen LogP) is 3.00. The Labute approximate surface area is 112 Å². The van der Waals surface area contributed by atoms with Gasteiger partial charge in [-0.2, -0.15) is 13.2 Å². The Kier molecular flexibility index (Phi) is 8.06. The van der Waals surface area contributed by atoms with Crippen LogP contribution in [0.3, 0.4) is 0 Å². The molecule has 1 N–H and O–H groups in total. The first-order valence-corrected chi connectivity index (χ1v) is 6.54. The van der Waals surface area contributed by atoms with Crippen LogP contribution in [-0.2, 0) is 9.53 Å². The van der Waals surface area contributed by atoms with Crippen molar-refractivity contribution in [1.82, 2.24) is 5.32 Å². The second kappa shape index (κ2) is 8.40. The number of ether oxygens (including phenoxy) is 1. The van der Waals surface area contributed by atoms with Crippen molar-refractivity contribution in [3.63, 3.8) is 0 Å². The summed E-state index contributed by atoms with van der Waals surface area (Å²) in [5.41, 5.74) is 0. The van der Waals surface area contributed by atoms with E-state index in [-0.39, 0.29) is 18.9 Å². The van der Waals surface area contributed by atoms with E-state index in [1.807, 2.05) is 0 Å². The summed E-state index contributed by atoms with van der Waals surface area (Å²) in [5, 5.41) is 2.74. The molecular weight excluding hydrogens is 259 g/mol. The Morgan fingerprint density at radius 3 is 2.11 bits per heavy atom. The van der Waals surface area contributed by atoms with E-state index in [1.54, 1.807) is 0 Å². The summed E-state index contributed by atoms with van der Waals surface area (Å²) in [6, 6.07) is 0. The van der Waals surface area contributed by atoms with Gasteiger partial charge < -0.3 is 10.1 Å². The van der Waals surface area contributed by atoms with Crippen LogP contribution in [-0.4, -0.2) is 31.8 Å². The molecule has 1 amide bonds. The first kappa shape index (κ1) is 18.2. The molecule has 19 heavy (non-hydrogen) atoms. The number of hydrogen-bond donors (Lipinski definition) is 1. The number of rotatable bonds is 8. The van der Waals surface area contributed by atoms with E-state index >= 15 is 0 Å². The Balaban J connectivity index is 3.81. The molecule has 0 aliphatic rings. The normalized spacial score (nSPS) is 12.5. The summed E-state index contributed by atoms with van der Waals surface area (Å²) in [4.78, 5) is 11.4. The molecule has 0 radical (unpaired) electrons. The SMILES string of the molecule is CC(C)C(CNC(=O)CCOCC(F)(F)F)C(C)C. The van der Waals surface area contributed by atoms with Gasteiger partial charge in [0, 0.05) is 13.0 Å². The van der Waals surface area contributed by atoms with Gasteiger partial charge in [0.15, 0.2) is 0 Å². The summed E-state index contributed by atoms with van der Waals surface area (Å²) in [6.07, 6.45) is -4.38. The molecule has 0 spiro atoms. The van der Waals surface area contributed by atoms with Gasteiger partial charge in [-0.05, 0) is 17.8 Å². The molecular formula is C13H24F3NO2. The fourth-order valence-electron chi connectivity index (χ4n) is 1.91. The molecule has 0 rings (SSSR count). The first-order chi connectivity index (χ1) is 8.63. The van der Waals surface area contributed by atoms with Crippen molar-refractivity contribution < 1.29 is 22.7 Å². The van der Waals surface area contributed by atoms with E-state index in [4.69, 9.17) is 0 Å². The number of carbonyl (C=O) groups is 1. The van der Waals surface area contributed by atoms with Crippen LogP contribution in [0.15, 0.2) is 0 Å². The molecule has 3 nitrogen and oxygen atoms in total. The van der Waals surface area contributed by atoms with Crippen molar-refractivity contribution in [1.29, 1.82) is 0 Å². The van der Waals surface area contributed by atoms with Gasteiger partial charge in [-0.1, -0.05) is 27.7 Å². The van der Waals surface area contributed by atoms with E-state index in [9.17, 15) is 18.0 Å². The summed E-state index contributed by atoms with van der Waals surface area (Å²) >= 11 is 0. The zero-order valence-corrected chi connectivity index (χ0v) is 12.0. The molecule has 0 atom stereocenters. The predicted molar refractivity (Wildman–Crippen MR) is 67.7 cm³/mol. The maximum absolute atomic E-state index is 11.8. The van der Waals surface area contributed by atoms with Crippen LogP contribution in [0.25, 0.3) is 0 Å². The van der Waals surface area contributed by atoms with Gasteiger partial charge >= 0.3 is 6.18 Å². The first-order valence-electron chi connectivity index (χ1n) is 6.54. The minimum Gasteiger partial charge on any atom is -0.372 e. The average molecular weight is 283 g/mol. The average Bonchev–Trinajstić information content (AvgIpc) is 2.22. The number of nitrogens with one attached hydrogen (secondary N) is 1. The zero-order valence-electron chi connectivity index (χ0n) is 12.0. The monoisotopic (exact) mass is 283 g/mol. The van der Waals surface area contributed by atoms with Gasteiger partial charge in [-0.3, -0.25) is 4.79 Å². The van der Waals surface area contributed by atoms with Gasteiger partial charge in [-0.25, -0.2) is 0 Å². The third kappa shape index (κ3) is 9.76. The van der Waals surface area contributed by atoms with Crippen LogP contribution in [0.5, 0.6) is 0 Å². The lowest BCUT2D eigenvalue weighted by Crippen LogP contribution is -2.34. The van der Waals surface area contributed by atoms with E-state index in [1.165, 1.54) is 0 Å². The van der Waals surface area contributed by atoms with Crippen LogP contribution in [0.2, 0.25) is 0 Å². The minimum atomic E-state index is -4.34. The van der Waals surface area contributed by atoms with Gasteiger partial charge in [0.25, 0.3) is 0 Å². The van der Waals surface area contributed by atoms with Gasteiger partial charge in [-0.15, -0.1) is 0 Å². The Hall–Kier alpha value is -0.780. The fourth-order valence-corrected chi connectivity index (χ4v) is 1.91. The topological polar surface area (TPSA) is 38.3 Å². The molecule has 6 heteroatoms. The highest BCUT2D eigenvalue weighted by Gasteiger charge is 2.27. The summed E-state index contributed by atoms with van der Waals surface area (Å²) in [6.45, 7) is 7.38. The molecule has 0 aliphatic heterocycles. The maximum Gasteiger partial charge on any atom is 0.411 e. The van der Waals surface area contributed by atoms with E-state index < -0.39 is 12.8 Å². The molecule has 0 saturated carbocycles. The molecule has 0 unspecified atom stereocenters. The summed E-state index contributed by atoms with van der Waals surface area (Å²) < 4.78 is 39.7. The van der Waals surface area contributed by atoms with Crippen molar-refractivity contribution >= 4 is 5.91 Å². The molecule has 0 fully saturated rings. The third-order valence-corrected chi connectivity index (χ3v) is 2.99. The Morgan fingerprint density at radius 2 is 1.68 bits per heavy atom. The van der Waals surface area contributed by atoms with Crippen LogP contribution < -0.4 is 5.32 Å². The minimum absolute atomic E-state index is 0.0427. The third-order valence-electron chi connectivity index (χ3n) is 2.99. The van der Waals surface area contributed by atoms with Crippen LogP contribution in [0.1, 0.15) is 34.1 Å². The number of amides is 1. The molecule has 0 heterocycles. The van der Waals surface area contributed by atoms with Gasteiger partial charge in [0.1, 0.15) is 6.61 Å².